The van der Waals surface area contributed by atoms with E-state index in [0.717, 1.165) is 16.8 Å². The molecule has 0 amide bonds. The number of aryl methyl sites for hydroxylation is 1. The molecule has 0 heterocycles. The molecule has 0 atom stereocenters. The molecular weight excluding hydrogens is 286 g/mol. The number of hydrogen-bond acceptors (Lipinski definition) is 4. The first kappa shape index (κ1) is 15.3. The van der Waals surface area contributed by atoms with Gasteiger partial charge in [0.2, 0.25) is 10.0 Å². The van der Waals surface area contributed by atoms with E-state index in [2.05, 4.69) is 10.0 Å². The van der Waals surface area contributed by atoms with Crippen LogP contribution in [-0.4, -0.2) is 15.5 Å². The number of rotatable bonds is 4. The topological polar surface area (TPSA) is 84.2 Å². The summed E-state index contributed by atoms with van der Waals surface area (Å²) >= 11 is 0. The van der Waals surface area contributed by atoms with Crippen molar-refractivity contribution in [1.29, 1.82) is 0 Å². The van der Waals surface area contributed by atoms with E-state index in [1.807, 2.05) is 32.0 Å². The van der Waals surface area contributed by atoms with E-state index in [9.17, 15) is 8.42 Å². The summed E-state index contributed by atoms with van der Waals surface area (Å²) in [5.74, 6) is 0. The maximum absolute atomic E-state index is 11.9. The standard InChI is InChI=1S/C15H19N3O2S/c1-10-5-4-6-14(11(10)2)18-15-9-12(7-8-13(15)16)21(19,20)17-3/h4-9,17-18H,16H2,1-3H3. The molecule has 2 rings (SSSR count). The molecule has 2 aromatic rings. The van der Waals surface area contributed by atoms with Crippen LogP contribution in [0.1, 0.15) is 11.1 Å². The van der Waals surface area contributed by atoms with E-state index in [0.29, 0.717) is 11.4 Å². The van der Waals surface area contributed by atoms with Crippen LogP contribution in [0.5, 0.6) is 0 Å². The molecule has 0 spiro atoms. The first-order valence-corrected chi connectivity index (χ1v) is 8.00. The molecule has 2 aromatic carbocycles. The molecule has 5 nitrogen and oxygen atoms in total. The van der Waals surface area contributed by atoms with E-state index < -0.39 is 10.0 Å². The zero-order valence-corrected chi connectivity index (χ0v) is 13.1. The van der Waals surface area contributed by atoms with Gasteiger partial charge in [-0.2, -0.15) is 0 Å². The van der Waals surface area contributed by atoms with E-state index in [-0.39, 0.29) is 4.90 Å². The van der Waals surface area contributed by atoms with Crippen molar-refractivity contribution < 1.29 is 8.42 Å². The number of anilines is 3. The maximum Gasteiger partial charge on any atom is 0.240 e. The molecule has 4 N–H and O–H groups in total. The van der Waals surface area contributed by atoms with E-state index in [1.54, 1.807) is 6.07 Å². The molecule has 0 unspecified atom stereocenters. The van der Waals surface area contributed by atoms with Gasteiger partial charge in [-0.05, 0) is 56.3 Å². The van der Waals surface area contributed by atoms with Gasteiger partial charge in [0.05, 0.1) is 16.3 Å². The average molecular weight is 305 g/mol. The lowest BCUT2D eigenvalue weighted by atomic mass is 10.1. The smallest absolute Gasteiger partial charge is 0.240 e. The number of nitrogens with two attached hydrogens (primary N) is 1. The second kappa shape index (κ2) is 5.75. The van der Waals surface area contributed by atoms with Gasteiger partial charge in [-0.25, -0.2) is 13.1 Å². The highest BCUT2D eigenvalue weighted by Crippen LogP contribution is 2.28. The van der Waals surface area contributed by atoms with Gasteiger partial charge in [0.15, 0.2) is 0 Å². The van der Waals surface area contributed by atoms with Crippen LogP contribution in [0.4, 0.5) is 17.1 Å². The molecule has 0 aliphatic heterocycles. The van der Waals surface area contributed by atoms with Crippen molar-refractivity contribution in [2.24, 2.45) is 0 Å². The van der Waals surface area contributed by atoms with Crippen molar-refractivity contribution in [3.8, 4) is 0 Å². The molecule has 6 heteroatoms. The third kappa shape index (κ3) is 3.17. The Hall–Kier alpha value is -2.05. The summed E-state index contributed by atoms with van der Waals surface area (Å²) in [5, 5.41) is 3.20. The minimum absolute atomic E-state index is 0.173. The highest BCUT2D eigenvalue weighted by atomic mass is 32.2. The van der Waals surface area contributed by atoms with Crippen molar-refractivity contribution in [2.75, 3.05) is 18.1 Å². The first-order valence-electron chi connectivity index (χ1n) is 6.51. The van der Waals surface area contributed by atoms with Crippen LogP contribution >= 0.6 is 0 Å². The third-order valence-electron chi connectivity index (χ3n) is 3.48. The number of sulfonamides is 1. The molecular formula is C15H19N3O2S. The predicted molar refractivity (Wildman–Crippen MR) is 86.3 cm³/mol. The van der Waals surface area contributed by atoms with Crippen molar-refractivity contribution >= 4 is 27.1 Å². The Labute approximate surface area is 125 Å². The van der Waals surface area contributed by atoms with Crippen LogP contribution in [-0.2, 0) is 10.0 Å². The Kier molecular flexibility index (Phi) is 4.20. The molecule has 0 saturated heterocycles. The Morgan fingerprint density at radius 2 is 1.76 bits per heavy atom. The van der Waals surface area contributed by atoms with Gasteiger partial charge in [0.1, 0.15) is 0 Å². The lowest BCUT2D eigenvalue weighted by molar-refractivity contribution is 0.588. The Balaban J connectivity index is 2.45. The third-order valence-corrected chi connectivity index (χ3v) is 4.89. The zero-order valence-electron chi connectivity index (χ0n) is 12.3. The number of benzene rings is 2. The minimum Gasteiger partial charge on any atom is -0.397 e. The SMILES string of the molecule is CNS(=O)(=O)c1ccc(N)c(Nc2cccc(C)c2C)c1. The summed E-state index contributed by atoms with van der Waals surface area (Å²) in [4.78, 5) is 0.173. The molecule has 0 radical (unpaired) electrons. The van der Waals surface area contributed by atoms with Crippen molar-refractivity contribution in [2.45, 2.75) is 18.7 Å². The highest BCUT2D eigenvalue weighted by Gasteiger charge is 2.13. The van der Waals surface area contributed by atoms with Gasteiger partial charge in [-0.3, -0.25) is 0 Å². The van der Waals surface area contributed by atoms with E-state index >= 15 is 0 Å². The minimum atomic E-state index is -3.49. The molecule has 0 aliphatic carbocycles. The average Bonchev–Trinajstić information content (AvgIpc) is 2.46. The summed E-state index contributed by atoms with van der Waals surface area (Å²) in [7, 11) is -2.12. The number of hydrogen-bond donors (Lipinski definition) is 3. The lowest BCUT2D eigenvalue weighted by Gasteiger charge is -2.14. The van der Waals surface area contributed by atoms with Gasteiger partial charge in [0.25, 0.3) is 0 Å². The molecule has 0 saturated carbocycles. The second-order valence-corrected chi connectivity index (χ2v) is 6.72. The van der Waals surface area contributed by atoms with Crippen LogP contribution in [0, 0.1) is 13.8 Å². The fraction of sp³-hybridized carbons (Fsp3) is 0.200. The first-order chi connectivity index (χ1) is 9.85. The van der Waals surface area contributed by atoms with Crippen LogP contribution < -0.4 is 15.8 Å². The normalized spacial score (nSPS) is 11.4. The van der Waals surface area contributed by atoms with Crippen molar-refractivity contribution in [3.05, 3.63) is 47.5 Å². The summed E-state index contributed by atoms with van der Waals surface area (Å²) < 4.78 is 26.0. The fourth-order valence-electron chi connectivity index (χ4n) is 1.96. The second-order valence-electron chi connectivity index (χ2n) is 4.83. The molecule has 0 aliphatic rings. The van der Waals surface area contributed by atoms with Crippen LogP contribution in [0.25, 0.3) is 0 Å². The van der Waals surface area contributed by atoms with E-state index in [1.165, 1.54) is 19.2 Å². The van der Waals surface area contributed by atoms with Crippen molar-refractivity contribution in [3.63, 3.8) is 0 Å². The van der Waals surface area contributed by atoms with Crippen molar-refractivity contribution in [1.82, 2.24) is 4.72 Å². The lowest BCUT2D eigenvalue weighted by Crippen LogP contribution is -2.18. The van der Waals surface area contributed by atoms with Gasteiger partial charge in [-0.1, -0.05) is 12.1 Å². The van der Waals surface area contributed by atoms with Crippen LogP contribution in [0.3, 0.4) is 0 Å². The predicted octanol–water partition coefficient (Wildman–Crippen LogP) is 2.54. The quantitative estimate of drug-likeness (QED) is 0.758. The molecule has 21 heavy (non-hydrogen) atoms. The van der Waals surface area contributed by atoms with Gasteiger partial charge >= 0.3 is 0 Å². The molecule has 0 fully saturated rings. The summed E-state index contributed by atoms with van der Waals surface area (Å²) in [6.45, 7) is 4.02. The van der Waals surface area contributed by atoms with Gasteiger partial charge in [0, 0.05) is 5.69 Å². The molecule has 0 bridgehead atoms. The monoisotopic (exact) mass is 305 g/mol. The van der Waals surface area contributed by atoms with Crippen LogP contribution in [0.2, 0.25) is 0 Å². The number of nitrogen functional groups attached to an aromatic ring is 1. The summed E-state index contributed by atoms with van der Waals surface area (Å²) in [6, 6.07) is 10.5. The van der Waals surface area contributed by atoms with E-state index in [4.69, 9.17) is 5.73 Å². The number of nitrogens with one attached hydrogen (secondary N) is 2. The summed E-state index contributed by atoms with van der Waals surface area (Å²) in [6.07, 6.45) is 0. The largest absolute Gasteiger partial charge is 0.397 e. The summed E-state index contributed by atoms with van der Waals surface area (Å²) in [5.41, 5.74) is 10.1. The zero-order chi connectivity index (χ0) is 15.6. The Bertz CT molecular complexity index is 770. The Morgan fingerprint density at radius 1 is 1.05 bits per heavy atom. The Morgan fingerprint density at radius 3 is 2.43 bits per heavy atom. The van der Waals surface area contributed by atoms with Gasteiger partial charge < -0.3 is 11.1 Å². The molecule has 112 valence electrons. The fourth-order valence-corrected chi connectivity index (χ4v) is 2.72. The van der Waals surface area contributed by atoms with Gasteiger partial charge in [-0.15, -0.1) is 0 Å². The highest BCUT2D eigenvalue weighted by molar-refractivity contribution is 7.89. The maximum atomic E-state index is 11.9. The molecule has 0 aromatic heterocycles. The van der Waals surface area contributed by atoms with Crippen LogP contribution in [0.15, 0.2) is 41.3 Å².